The molecule has 4 aromatic rings. The molecular formula is C20H16ClN5O2. The summed E-state index contributed by atoms with van der Waals surface area (Å²) in [5.74, 6) is 0.349. The first-order valence-corrected chi connectivity index (χ1v) is 8.91. The van der Waals surface area contributed by atoms with Gasteiger partial charge in [0.15, 0.2) is 0 Å². The summed E-state index contributed by atoms with van der Waals surface area (Å²) in [4.78, 5) is 17.1. The van der Waals surface area contributed by atoms with Crippen LogP contribution in [-0.2, 0) is 0 Å². The van der Waals surface area contributed by atoms with Crippen molar-refractivity contribution in [1.29, 1.82) is 0 Å². The highest BCUT2D eigenvalue weighted by Crippen LogP contribution is 2.24. The van der Waals surface area contributed by atoms with Gasteiger partial charge < -0.3 is 5.11 Å². The largest absolute Gasteiger partial charge is 0.493 e. The number of aryl methyl sites for hydroxylation is 2. The smallest absolute Gasteiger partial charge is 0.282 e. The van der Waals surface area contributed by atoms with Gasteiger partial charge in [-0.3, -0.25) is 4.79 Å². The lowest BCUT2D eigenvalue weighted by Crippen LogP contribution is -2.20. The van der Waals surface area contributed by atoms with E-state index < -0.39 is 0 Å². The van der Waals surface area contributed by atoms with Gasteiger partial charge in [0.2, 0.25) is 5.88 Å². The van der Waals surface area contributed by atoms with Crippen LogP contribution >= 0.6 is 11.6 Å². The minimum Gasteiger partial charge on any atom is -0.493 e. The number of rotatable bonds is 3. The summed E-state index contributed by atoms with van der Waals surface area (Å²) in [6.45, 7) is 3.45. The van der Waals surface area contributed by atoms with E-state index in [1.807, 2.05) is 6.07 Å². The van der Waals surface area contributed by atoms with Crippen LogP contribution in [0.4, 0.5) is 0 Å². The van der Waals surface area contributed by atoms with Gasteiger partial charge in [-0.15, -0.1) is 0 Å². The molecule has 0 aliphatic carbocycles. The van der Waals surface area contributed by atoms with Crippen LogP contribution < -0.4 is 5.56 Å². The van der Waals surface area contributed by atoms with Gasteiger partial charge in [0.25, 0.3) is 5.56 Å². The Kier molecular flexibility index (Phi) is 4.44. The molecule has 0 spiro atoms. The lowest BCUT2D eigenvalue weighted by atomic mass is 10.2. The number of fused-ring (bicyclic) bond motifs is 1. The second-order valence-electron chi connectivity index (χ2n) is 6.25. The molecule has 0 atom stereocenters. The first kappa shape index (κ1) is 17.9. The van der Waals surface area contributed by atoms with Crippen LogP contribution in [0.25, 0.3) is 16.6 Å². The van der Waals surface area contributed by atoms with E-state index in [9.17, 15) is 9.90 Å². The number of aromatic nitrogens is 4. The summed E-state index contributed by atoms with van der Waals surface area (Å²) in [6.07, 6.45) is 1.41. The van der Waals surface area contributed by atoms with Crippen LogP contribution in [0, 0.1) is 13.8 Å². The van der Waals surface area contributed by atoms with Gasteiger partial charge >= 0.3 is 0 Å². The van der Waals surface area contributed by atoms with Crippen molar-refractivity contribution < 1.29 is 5.11 Å². The summed E-state index contributed by atoms with van der Waals surface area (Å²) in [5.41, 5.74) is 1.91. The van der Waals surface area contributed by atoms with Crippen molar-refractivity contribution in [2.45, 2.75) is 13.8 Å². The van der Waals surface area contributed by atoms with Crippen LogP contribution in [0.2, 0.25) is 5.02 Å². The van der Waals surface area contributed by atoms with Gasteiger partial charge in [-0.1, -0.05) is 29.8 Å². The van der Waals surface area contributed by atoms with E-state index in [-0.39, 0.29) is 11.4 Å². The van der Waals surface area contributed by atoms with Gasteiger partial charge in [-0.2, -0.15) is 14.9 Å². The second kappa shape index (κ2) is 6.94. The van der Waals surface area contributed by atoms with Crippen molar-refractivity contribution in [3.8, 4) is 11.6 Å². The molecule has 0 saturated carbocycles. The number of hydrogen-bond donors (Lipinski definition) is 1. The van der Waals surface area contributed by atoms with Crippen LogP contribution in [0.5, 0.6) is 5.88 Å². The summed E-state index contributed by atoms with van der Waals surface area (Å²) in [7, 11) is 0. The molecule has 2 aromatic heterocycles. The van der Waals surface area contributed by atoms with Crippen LogP contribution in [-0.4, -0.2) is 30.8 Å². The zero-order chi connectivity index (χ0) is 19.8. The molecule has 7 nitrogen and oxygen atoms in total. The Balaban J connectivity index is 1.79. The Morgan fingerprint density at radius 3 is 2.71 bits per heavy atom. The molecule has 0 fully saturated rings. The van der Waals surface area contributed by atoms with E-state index in [0.29, 0.717) is 38.7 Å². The average molecular weight is 394 g/mol. The van der Waals surface area contributed by atoms with Gasteiger partial charge in [0.05, 0.1) is 34.1 Å². The molecule has 8 heteroatoms. The molecule has 28 heavy (non-hydrogen) atoms. The van der Waals surface area contributed by atoms with Crippen LogP contribution in [0.3, 0.4) is 0 Å². The number of hydrogen-bond acceptors (Lipinski definition) is 5. The number of halogens is 1. The van der Waals surface area contributed by atoms with Gasteiger partial charge in [-0.25, -0.2) is 9.67 Å². The molecule has 0 aliphatic rings. The van der Waals surface area contributed by atoms with Crippen molar-refractivity contribution in [3.63, 3.8) is 0 Å². The number of nitrogens with zero attached hydrogens (tertiary/aromatic N) is 5. The highest BCUT2D eigenvalue weighted by atomic mass is 35.5. The Labute approximate surface area is 165 Å². The van der Waals surface area contributed by atoms with Crippen LogP contribution in [0.1, 0.15) is 17.1 Å². The second-order valence-corrected chi connectivity index (χ2v) is 6.69. The lowest BCUT2D eigenvalue weighted by molar-refractivity contribution is 0.433. The van der Waals surface area contributed by atoms with Crippen molar-refractivity contribution in [2.24, 2.45) is 5.10 Å². The summed E-state index contributed by atoms with van der Waals surface area (Å²) < 4.78 is 2.58. The molecular weight excluding hydrogens is 378 g/mol. The van der Waals surface area contributed by atoms with E-state index in [1.54, 1.807) is 56.3 Å². The molecule has 4 rings (SSSR count). The van der Waals surface area contributed by atoms with Crippen molar-refractivity contribution >= 4 is 28.7 Å². The highest BCUT2D eigenvalue weighted by molar-refractivity contribution is 6.30. The Bertz CT molecular complexity index is 1290. The minimum absolute atomic E-state index is 0.0945. The normalized spacial score (nSPS) is 11.5. The monoisotopic (exact) mass is 393 g/mol. The predicted molar refractivity (Wildman–Crippen MR) is 109 cm³/mol. The molecule has 0 amide bonds. The lowest BCUT2D eigenvalue weighted by Gasteiger charge is -2.05. The maximum atomic E-state index is 12.7. The van der Waals surface area contributed by atoms with Gasteiger partial charge in [0.1, 0.15) is 5.82 Å². The maximum Gasteiger partial charge on any atom is 0.282 e. The fourth-order valence-electron chi connectivity index (χ4n) is 2.95. The summed E-state index contributed by atoms with van der Waals surface area (Å²) in [5, 5.41) is 20.2. The van der Waals surface area contributed by atoms with Crippen LogP contribution in [0.15, 0.2) is 58.4 Å². The van der Waals surface area contributed by atoms with Gasteiger partial charge in [-0.05, 0) is 44.2 Å². The quantitative estimate of drug-likeness (QED) is 0.540. The van der Waals surface area contributed by atoms with Crippen molar-refractivity contribution in [2.75, 3.05) is 0 Å². The highest BCUT2D eigenvalue weighted by Gasteiger charge is 2.15. The molecule has 2 heterocycles. The topological polar surface area (TPSA) is 85.3 Å². The first-order valence-electron chi connectivity index (χ1n) is 8.53. The van der Waals surface area contributed by atoms with E-state index in [0.717, 1.165) is 0 Å². The zero-order valence-corrected chi connectivity index (χ0v) is 15.9. The zero-order valence-electron chi connectivity index (χ0n) is 15.2. The first-order chi connectivity index (χ1) is 13.5. The molecule has 2 aromatic carbocycles. The van der Waals surface area contributed by atoms with E-state index in [2.05, 4.69) is 15.2 Å². The average Bonchev–Trinajstić information content (AvgIpc) is 2.96. The summed E-state index contributed by atoms with van der Waals surface area (Å²) >= 11 is 6.02. The summed E-state index contributed by atoms with van der Waals surface area (Å²) in [6, 6.07) is 14.1. The Morgan fingerprint density at radius 1 is 1.14 bits per heavy atom. The van der Waals surface area contributed by atoms with Crippen molar-refractivity contribution in [1.82, 2.24) is 19.4 Å². The predicted octanol–water partition coefficient (Wildman–Crippen LogP) is 3.44. The number of para-hydroxylation sites is 1. The van der Waals surface area contributed by atoms with E-state index >= 15 is 0 Å². The maximum absolute atomic E-state index is 12.7. The SMILES string of the molecule is Cc1nn(-c2cccc(Cl)c2)c(O)c1C=Nn1c(C)nc2ccccc2c1=O. The third-order valence-corrected chi connectivity index (χ3v) is 4.59. The fourth-order valence-corrected chi connectivity index (χ4v) is 3.14. The minimum atomic E-state index is -0.279. The molecule has 0 bridgehead atoms. The Hall–Kier alpha value is -3.45. The third-order valence-electron chi connectivity index (χ3n) is 4.35. The van der Waals surface area contributed by atoms with E-state index in [1.165, 1.54) is 15.6 Å². The molecule has 140 valence electrons. The standard InChI is InChI=1S/C20H16ClN5O2/c1-12-17(20(28)26(24-12)15-7-5-6-14(21)10-15)11-22-25-13(2)23-18-9-4-3-8-16(18)19(25)27/h3-11,28H,1-2H3. The number of aromatic hydroxyl groups is 1. The fraction of sp³-hybridized carbons (Fsp3) is 0.100. The number of benzene rings is 2. The molecule has 0 saturated heterocycles. The molecule has 0 aliphatic heterocycles. The molecule has 1 N–H and O–H groups in total. The van der Waals surface area contributed by atoms with Crippen molar-refractivity contribution in [3.05, 3.63) is 81.0 Å². The Morgan fingerprint density at radius 2 is 1.93 bits per heavy atom. The van der Waals surface area contributed by atoms with E-state index in [4.69, 9.17) is 11.6 Å². The molecule has 0 radical (unpaired) electrons. The third kappa shape index (κ3) is 3.05. The van der Waals surface area contributed by atoms with Gasteiger partial charge in [0, 0.05) is 5.02 Å². The molecule has 0 unspecified atom stereocenters.